The fourth-order valence-corrected chi connectivity index (χ4v) is 5.27. The van der Waals surface area contributed by atoms with Crippen molar-refractivity contribution in [2.45, 2.75) is 49.2 Å². The van der Waals surface area contributed by atoms with Gasteiger partial charge in [0.15, 0.2) is 11.5 Å². The fourth-order valence-electron chi connectivity index (χ4n) is 5.27. The van der Waals surface area contributed by atoms with Gasteiger partial charge in [-0.05, 0) is 44.5 Å². The summed E-state index contributed by atoms with van der Waals surface area (Å²) in [5.74, 6) is 0.685. The van der Waals surface area contributed by atoms with Crippen molar-refractivity contribution >= 4 is 5.78 Å². The maximum atomic E-state index is 12.3. The van der Waals surface area contributed by atoms with Crippen molar-refractivity contribution in [3.63, 3.8) is 0 Å². The van der Waals surface area contributed by atoms with Crippen LogP contribution in [-0.4, -0.2) is 53.2 Å². The van der Waals surface area contributed by atoms with E-state index in [-0.39, 0.29) is 17.6 Å². The molecule has 5 nitrogen and oxygen atoms in total. The minimum atomic E-state index is -0.968. The molecule has 2 bridgehead atoms. The Balaban J connectivity index is 2.01. The highest BCUT2D eigenvalue weighted by atomic mass is 16.5. The molecule has 2 N–H and O–H groups in total. The van der Waals surface area contributed by atoms with E-state index in [1.165, 1.54) is 7.11 Å². The molecule has 4 rings (SSSR count). The molecule has 0 amide bonds. The van der Waals surface area contributed by atoms with Crippen LogP contribution in [0.3, 0.4) is 0 Å². The van der Waals surface area contributed by atoms with Crippen molar-refractivity contribution in [2.24, 2.45) is 0 Å². The van der Waals surface area contributed by atoms with Gasteiger partial charge in [-0.3, -0.25) is 4.79 Å². The largest absolute Gasteiger partial charge is 0.504 e. The molecule has 1 saturated heterocycles. The zero-order valence-electron chi connectivity index (χ0n) is 13.6. The number of carbonyl (C=O) groups excluding carboxylic acids is 1. The summed E-state index contributed by atoms with van der Waals surface area (Å²) in [5, 5.41) is 22.4. The number of carbonyl (C=O) groups is 1. The molecule has 5 heteroatoms. The first kappa shape index (κ1) is 15.0. The molecule has 2 aliphatic carbocycles. The molecule has 0 aromatic heterocycles. The smallest absolute Gasteiger partial charge is 0.161 e. The zero-order chi connectivity index (χ0) is 16.4. The number of benzene rings is 1. The number of hydrogen-bond donors (Lipinski definition) is 2. The van der Waals surface area contributed by atoms with Gasteiger partial charge in [0.1, 0.15) is 5.78 Å². The molecular weight excluding hydrogens is 294 g/mol. The number of phenols is 1. The number of likely N-dealkylation sites (tertiary alicyclic amines) is 1. The van der Waals surface area contributed by atoms with Gasteiger partial charge in [0.2, 0.25) is 0 Å². The summed E-state index contributed by atoms with van der Waals surface area (Å²) in [6, 6.07) is 3.74. The summed E-state index contributed by atoms with van der Waals surface area (Å²) in [7, 11) is 3.56. The van der Waals surface area contributed by atoms with Crippen LogP contribution in [0.25, 0.3) is 0 Å². The van der Waals surface area contributed by atoms with Crippen molar-refractivity contribution in [3.05, 3.63) is 23.3 Å². The number of fused-ring (bicyclic) bond motifs is 1. The normalized spacial score (nSPS) is 36.3. The van der Waals surface area contributed by atoms with Crippen molar-refractivity contribution in [1.29, 1.82) is 0 Å². The number of aliphatic hydroxyl groups is 1. The Kier molecular flexibility index (Phi) is 3.06. The molecule has 1 saturated carbocycles. The Hall–Kier alpha value is -1.59. The SMILES string of the molecule is COc1ccc2c(c1O)[C@]13CCN(C)[C@@H](C2)[C@]1(O)CCC(=O)C3. The maximum Gasteiger partial charge on any atom is 0.161 e. The molecule has 0 spiro atoms. The summed E-state index contributed by atoms with van der Waals surface area (Å²) >= 11 is 0. The molecule has 0 radical (unpaired) electrons. The summed E-state index contributed by atoms with van der Waals surface area (Å²) < 4.78 is 5.28. The van der Waals surface area contributed by atoms with Crippen LogP contribution in [0.15, 0.2) is 12.1 Å². The number of rotatable bonds is 1. The van der Waals surface area contributed by atoms with Crippen LogP contribution in [0.5, 0.6) is 11.5 Å². The zero-order valence-corrected chi connectivity index (χ0v) is 13.6. The molecule has 0 unspecified atom stereocenters. The summed E-state index contributed by atoms with van der Waals surface area (Å²) in [4.78, 5) is 14.5. The monoisotopic (exact) mass is 317 g/mol. The Bertz CT molecular complexity index is 688. The van der Waals surface area contributed by atoms with Gasteiger partial charge >= 0.3 is 0 Å². The second-order valence-corrected chi connectivity index (χ2v) is 7.32. The molecule has 1 heterocycles. The van der Waals surface area contributed by atoms with E-state index in [0.29, 0.717) is 37.9 Å². The predicted octanol–water partition coefficient (Wildman–Crippen LogP) is 1.38. The average Bonchev–Trinajstić information content (AvgIpc) is 2.52. The summed E-state index contributed by atoms with van der Waals surface area (Å²) in [6.45, 7) is 0.816. The Labute approximate surface area is 135 Å². The molecule has 1 aromatic carbocycles. The molecule has 3 aliphatic rings. The lowest BCUT2D eigenvalue weighted by Gasteiger charge is -2.62. The number of likely N-dealkylation sites (N-methyl/N-ethyl adjacent to an activating group) is 1. The van der Waals surface area contributed by atoms with Gasteiger partial charge < -0.3 is 19.8 Å². The van der Waals surface area contributed by atoms with Gasteiger partial charge in [-0.1, -0.05) is 6.07 Å². The van der Waals surface area contributed by atoms with Gasteiger partial charge in [-0.25, -0.2) is 0 Å². The lowest BCUT2D eigenvalue weighted by Crippen LogP contribution is -2.72. The van der Waals surface area contributed by atoms with Crippen molar-refractivity contribution in [1.82, 2.24) is 4.90 Å². The predicted molar refractivity (Wildman–Crippen MR) is 84.9 cm³/mol. The van der Waals surface area contributed by atoms with Crippen molar-refractivity contribution in [2.75, 3.05) is 20.7 Å². The van der Waals surface area contributed by atoms with Gasteiger partial charge in [0, 0.05) is 29.9 Å². The lowest BCUT2D eigenvalue weighted by atomic mass is 9.49. The molecule has 1 aromatic rings. The number of hydrogen-bond acceptors (Lipinski definition) is 5. The second kappa shape index (κ2) is 4.71. The molecule has 2 fully saturated rings. The summed E-state index contributed by atoms with van der Waals surface area (Å²) in [5.41, 5.74) is 0.118. The number of ether oxygens (including phenoxy) is 1. The number of ketones is 1. The standard InChI is InChI=1S/C18H23NO4/c1-19-8-7-17-10-12(20)5-6-18(17,22)14(19)9-11-3-4-13(23-2)16(21)15(11)17/h3-4,14,21-22H,5-10H2,1-2H3/t14-,17+,18+/m0/s1. The van der Waals surface area contributed by atoms with Gasteiger partial charge in [-0.2, -0.15) is 0 Å². The number of methoxy groups -OCH3 is 1. The first-order valence-corrected chi connectivity index (χ1v) is 8.26. The van der Waals surface area contributed by atoms with Crippen LogP contribution in [0.2, 0.25) is 0 Å². The molecule has 23 heavy (non-hydrogen) atoms. The molecular formula is C18H23NO4. The van der Waals surface area contributed by atoms with Gasteiger partial charge in [0.05, 0.1) is 12.7 Å². The number of phenolic OH excluding ortho intramolecular Hbond substituents is 1. The van der Waals surface area contributed by atoms with E-state index < -0.39 is 11.0 Å². The Morgan fingerprint density at radius 2 is 2.13 bits per heavy atom. The van der Waals surface area contributed by atoms with Crippen LogP contribution >= 0.6 is 0 Å². The van der Waals surface area contributed by atoms with Crippen LogP contribution in [0.1, 0.15) is 36.8 Å². The van der Waals surface area contributed by atoms with Gasteiger partial charge in [0.25, 0.3) is 0 Å². The highest BCUT2D eigenvalue weighted by molar-refractivity contribution is 5.83. The van der Waals surface area contributed by atoms with Crippen molar-refractivity contribution in [3.8, 4) is 11.5 Å². The average molecular weight is 317 g/mol. The third-order valence-electron chi connectivity index (χ3n) is 6.43. The van der Waals surface area contributed by atoms with Crippen LogP contribution in [-0.2, 0) is 16.6 Å². The highest BCUT2D eigenvalue weighted by Gasteiger charge is 2.65. The second-order valence-electron chi connectivity index (χ2n) is 7.32. The minimum absolute atomic E-state index is 0.00959. The minimum Gasteiger partial charge on any atom is -0.504 e. The van der Waals surface area contributed by atoms with E-state index in [2.05, 4.69) is 4.90 Å². The molecule has 1 aliphatic heterocycles. The lowest BCUT2D eigenvalue weighted by molar-refractivity contribution is -0.169. The quantitative estimate of drug-likeness (QED) is 0.819. The van der Waals surface area contributed by atoms with E-state index in [1.807, 2.05) is 13.1 Å². The highest BCUT2D eigenvalue weighted by Crippen LogP contribution is 2.60. The third-order valence-corrected chi connectivity index (χ3v) is 6.43. The maximum absolute atomic E-state index is 12.3. The van der Waals surface area contributed by atoms with E-state index in [9.17, 15) is 15.0 Å². The number of Topliss-reactive ketones (excluding diaryl/α,β-unsaturated/α-hetero) is 1. The number of aromatic hydroxyl groups is 1. The molecule has 3 atom stereocenters. The number of nitrogens with zero attached hydrogens (tertiary/aromatic N) is 1. The first-order valence-electron chi connectivity index (χ1n) is 8.26. The van der Waals surface area contributed by atoms with E-state index in [1.54, 1.807) is 6.07 Å². The Morgan fingerprint density at radius 3 is 2.87 bits per heavy atom. The fraction of sp³-hybridized carbons (Fsp3) is 0.611. The van der Waals surface area contributed by atoms with Gasteiger partial charge in [-0.15, -0.1) is 0 Å². The van der Waals surface area contributed by atoms with E-state index in [0.717, 1.165) is 17.7 Å². The third kappa shape index (κ3) is 1.72. The van der Waals surface area contributed by atoms with E-state index >= 15 is 0 Å². The van der Waals surface area contributed by atoms with Crippen molar-refractivity contribution < 1.29 is 19.7 Å². The van der Waals surface area contributed by atoms with Crippen LogP contribution < -0.4 is 4.74 Å². The summed E-state index contributed by atoms with van der Waals surface area (Å²) in [6.07, 6.45) is 2.56. The first-order chi connectivity index (χ1) is 10.9. The van der Waals surface area contributed by atoms with Crippen LogP contribution in [0.4, 0.5) is 0 Å². The van der Waals surface area contributed by atoms with E-state index in [4.69, 9.17) is 4.74 Å². The number of piperidine rings is 1. The van der Waals surface area contributed by atoms with Crippen LogP contribution in [0, 0.1) is 0 Å². The molecule has 124 valence electrons. The topological polar surface area (TPSA) is 70.0 Å². The Morgan fingerprint density at radius 1 is 1.35 bits per heavy atom.